The minimum atomic E-state index is -1.00. The lowest BCUT2D eigenvalue weighted by Crippen LogP contribution is -2.54. The van der Waals surface area contributed by atoms with E-state index in [1.54, 1.807) is 36.4 Å². The van der Waals surface area contributed by atoms with E-state index in [2.05, 4.69) is 15.1 Å². The van der Waals surface area contributed by atoms with Crippen LogP contribution in [0.1, 0.15) is 78.5 Å². The van der Waals surface area contributed by atoms with Crippen LogP contribution in [0.4, 0.5) is 11.5 Å². The SMILES string of the molecule is CN1C(=O)CCC(N2C(=O)c3cccc(OCCCCCCCCC(=O)N4CCN(c5cc(-c6ccccc6O)nnc5N)CC4)c3C2=O)C1=O. The molecular formula is C37H43N7O7. The first-order chi connectivity index (χ1) is 24.7. The van der Waals surface area contributed by atoms with Crippen molar-refractivity contribution in [1.29, 1.82) is 0 Å². The van der Waals surface area contributed by atoms with E-state index in [0.29, 0.717) is 62.0 Å². The monoisotopic (exact) mass is 697 g/mol. The number of imide groups is 2. The number of nitrogens with two attached hydrogens (primary N) is 1. The molecule has 1 unspecified atom stereocenters. The fourth-order valence-electron chi connectivity index (χ4n) is 6.90. The van der Waals surface area contributed by atoms with Crippen molar-refractivity contribution < 1.29 is 33.8 Å². The van der Waals surface area contributed by atoms with Gasteiger partial charge in [0, 0.05) is 51.6 Å². The Morgan fingerprint density at radius 1 is 0.882 bits per heavy atom. The smallest absolute Gasteiger partial charge is 0.266 e. The summed E-state index contributed by atoms with van der Waals surface area (Å²) < 4.78 is 5.94. The Morgan fingerprint density at radius 3 is 2.35 bits per heavy atom. The molecular weight excluding hydrogens is 654 g/mol. The molecule has 3 N–H and O–H groups in total. The van der Waals surface area contributed by atoms with E-state index in [-0.39, 0.29) is 41.5 Å². The van der Waals surface area contributed by atoms with Crippen molar-refractivity contribution in [2.75, 3.05) is 50.5 Å². The fourth-order valence-corrected chi connectivity index (χ4v) is 6.90. The Kier molecular flexibility index (Phi) is 10.8. The van der Waals surface area contributed by atoms with Gasteiger partial charge >= 0.3 is 0 Å². The van der Waals surface area contributed by atoms with Crippen LogP contribution in [0.5, 0.6) is 11.5 Å². The van der Waals surface area contributed by atoms with Crippen LogP contribution in [0.3, 0.4) is 0 Å². The highest BCUT2D eigenvalue weighted by atomic mass is 16.5. The minimum Gasteiger partial charge on any atom is -0.507 e. The van der Waals surface area contributed by atoms with Gasteiger partial charge in [0.1, 0.15) is 17.5 Å². The van der Waals surface area contributed by atoms with Gasteiger partial charge in [-0.15, -0.1) is 10.2 Å². The highest BCUT2D eigenvalue weighted by molar-refractivity contribution is 6.24. The second-order valence-corrected chi connectivity index (χ2v) is 13.1. The number of phenolic OH excluding ortho intramolecular Hbond substituents is 1. The average molecular weight is 698 g/mol. The number of fused-ring (bicyclic) bond motifs is 1. The number of piperidine rings is 1. The van der Waals surface area contributed by atoms with Crippen LogP contribution in [-0.2, 0) is 14.4 Å². The molecule has 4 heterocycles. The molecule has 0 radical (unpaired) electrons. The number of aromatic hydroxyl groups is 1. The summed E-state index contributed by atoms with van der Waals surface area (Å²) in [5, 5.41) is 18.5. The van der Waals surface area contributed by atoms with Crippen LogP contribution in [-0.4, -0.2) is 105 Å². The van der Waals surface area contributed by atoms with Crippen LogP contribution in [0.15, 0.2) is 48.5 Å². The molecule has 2 saturated heterocycles. The lowest BCUT2D eigenvalue weighted by atomic mass is 10.0. The normalized spacial score (nSPS) is 17.7. The van der Waals surface area contributed by atoms with Gasteiger partial charge in [0.15, 0.2) is 5.82 Å². The van der Waals surface area contributed by atoms with Gasteiger partial charge in [-0.25, -0.2) is 0 Å². The highest BCUT2D eigenvalue weighted by Gasteiger charge is 2.47. The number of nitrogen functional groups attached to an aromatic ring is 1. The first-order valence-corrected chi connectivity index (χ1v) is 17.5. The number of piperazine rings is 1. The molecule has 14 heteroatoms. The lowest BCUT2D eigenvalue weighted by Gasteiger charge is -2.36. The number of phenols is 1. The quantitative estimate of drug-likeness (QED) is 0.197. The van der Waals surface area contributed by atoms with Gasteiger partial charge < -0.3 is 25.4 Å². The maximum atomic E-state index is 13.3. The van der Waals surface area contributed by atoms with Gasteiger partial charge in [0.2, 0.25) is 11.8 Å². The molecule has 14 nitrogen and oxygen atoms in total. The van der Waals surface area contributed by atoms with E-state index >= 15 is 0 Å². The summed E-state index contributed by atoms with van der Waals surface area (Å²) in [5.41, 5.74) is 8.37. The number of likely N-dealkylation sites (tertiary alicyclic amines) is 1. The lowest BCUT2D eigenvalue weighted by molar-refractivity contribution is -0.149. The van der Waals surface area contributed by atoms with Crippen LogP contribution in [0.2, 0.25) is 0 Å². The van der Waals surface area contributed by atoms with Gasteiger partial charge in [0.25, 0.3) is 17.7 Å². The summed E-state index contributed by atoms with van der Waals surface area (Å²) in [6.45, 7) is 2.80. The van der Waals surface area contributed by atoms with Crippen LogP contribution < -0.4 is 15.4 Å². The number of anilines is 2. The van der Waals surface area contributed by atoms with Gasteiger partial charge in [-0.1, -0.05) is 43.9 Å². The number of ether oxygens (including phenoxy) is 1. The third-order valence-corrected chi connectivity index (χ3v) is 9.84. The van der Waals surface area contributed by atoms with Crippen molar-refractivity contribution in [3.8, 4) is 22.8 Å². The van der Waals surface area contributed by atoms with E-state index < -0.39 is 23.8 Å². The van der Waals surface area contributed by atoms with E-state index in [1.165, 1.54) is 7.05 Å². The summed E-state index contributed by atoms with van der Waals surface area (Å²) in [4.78, 5) is 69.9. The summed E-state index contributed by atoms with van der Waals surface area (Å²) >= 11 is 0. The number of hydrogen-bond acceptors (Lipinski definition) is 11. The number of carbonyl (C=O) groups is 5. The Labute approximate surface area is 296 Å². The number of rotatable bonds is 13. The molecule has 3 aromatic rings. The molecule has 6 rings (SSSR count). The van der Waals surface area contributed by atoms with Crippen molar-refractivity contribution in [2.24, 2.45) is 0 Å². The zero-order chi connectivity index (χ0) is 36.1. The van der Waals surface area contributed by atoms with Crippen molar-refractivity contribution in [3.63, 3.8) is 0 Å². The van der Waals surface area contributed by atoms with E-state index in [1.807, 2.05) is 17.0 Å². The van der Waals surface area contributed by atoms with E-state index in [4.69, 9.17) is 10.5 Å². The zero-order valence-corrected chi connectivity index (χ0v) is 28.8. The summed E-state index contributed by atoms with van der Waals surface area (Å²) in [7, 11) is 1.36. The highest BCUT2D eigenvalue weighted by Crippen LogP contribution is 2.35. The molecule has 51 heavy (non-hydrogen) atoms. The first kappa shape index (κ1) is 35.3. The summed E-state index contributed by atoms with van der Waals surface area (Å²) in [6.07, 6.45) is 6.11. The zero-order valence-electron chi connectivity index (χ0n) is 28.8. The number of likely N-dealkylation sites (N-methyl/N-ethyl adjacent to an activating group) is 1. The van der Waals surface area contributed by atoms with Crippen molar-refractivity contribution in [1.82, 2.24) is 24.9 Å². The van der Waals surface area contributed by atoms with E-state index in [9.17, 15) is 29.1 Å². The van der Waals surface area contributed by atoms with E-state index in [0.717, 1.165) is 54.0 Å². The molecule has 0 bridgehead atoms. The number of hydrogen-bond donors (Lipinski definition) is 2. The molecule has 2 fully saturated rings. The Bertz CT molecular complexity index is 1820. The average Bonchev–Trinajstić information content (AvgIpc) is 3.39. The predicted octanol–water partition coefficient (Wildman–Crippen LogP) is 3.63. The minimum absolute atomic E-state index is 0.0877. The van der Waals surface area contributed by atoms with Gasteiger partial charge in [0.05, 0.1) is 29.1 Å². The molecule has 1 aromatic heterocycles. The topological polar surface area (TPSA) is 180 Å². The maximum absolute atomic E-state index is 13.3. The van der Waals surface area contributed by atoms with Crippen molar-refractivity contribution >= 4 is 41.0 Å². The standard InChI is InChI=1S/C37H43N7O7/c1-41-31(46)17-16-27(36(41)49)44-35(48)25-12-10-14-30(33(25)37(44)50)51-22-9-5-3-2-4-6-15-32(47)43-20-18-42(19-21-43)28-23-26(39-40-34(28)38)24-11-7-8-13-29(24)45/h7-8,10-14,23,27,45H,2-6,9,15-22H2,1H3,(H2,38,40). The van der Waals surface area contributed by atoms with Gasteiger partial charge in [-0.2, -0.15) is 0 Å². The molecule has 0 spiro atoms. The number of carbonyl (C=O) groups excluding carboxylic acids is 5. The van der Waals surface area contributed by atoms with Crippen molar-refractivity contribution in [2.45, 2.75) is 63.8 Å². The van der Waals surface area contributed by atoms with Crippen LogP contribution in [0, 0.1) is 0 Å². The Balaban J connectivity index is 0.876. The van der Waals surface area contributed by atoms with Crippen LogP contribution in [0.25, 0.3) is 11.3 Å². The Morgan fingerprint density at radius 2 is 1.59 bits per heavy atom. The van der Waals surface area contributed by atoms with Crippen LogP contribution >= 0.6 is 0 Å². The number of amides is 5. The second-order valence-electron chi connectivity index (χ2n) is 13.1. The number of unbranched alkanes of at least 4 members (excludes halogenated alkanes) is 5. The number of nitrogens with zero attached hydrogens (tertiary/aromatic N) is 6. The molecule has 1 atom stereocenters. The number of aromatic nitrogens is 2. The molecule has 3 aliphatic rings. The first-order valence-electron chi connectivity index (χ1n) is 17.5. The molecule has 3 aliphatic heterocycles. The predicted molar refractivity (Wildman–Crippen MR) is 188 cm³/mol. The molecule has 2 aromatic carbocycles. The number of para-hydroxylation sites is 1. The van der Waals surface area contributed by atoms with Gasteiger partial charge in [-0.3, -0.25) is 33.8 Å². The largest absolute Gasteiger partial charge is 0.507 e. The summed E-state index contributed by atoms with van der Waals surface area (Å²) in [5.74, 6) is -1.11. The second kappa shape index (κ2) is 15.6. The Hall–Kier alpha value is -5.53. The molecule has 0 saturated carbocycles. The third kappa shape index (κ3) is 7.49. The third-order valence-electron chi connectivity index (χ3n) is 9.84. The van der Waals surface area contributed by atoms with Crippen molar-refractivity contribution in [3.05, 3.63) is 59.7 Å². The molecule has 0 aliphatic carbocycles. The van der Waals surface area contributed by atoms with Gasteiger partial charge in [-0.05, 0) is 49.6 Å². The fraction of sp³-hybridized carbons (Fsp3) is 0.432. The molecule has 268 valence electrons. The maximum Gasteiger partial charge on any atom is 0.266 e. The summed E-state index contributed by atoms with van der Waals surface area (Å²) in [6, 6.07) is 12.6. The number of benzene rings is 2. The molecule has 5 amide bonds.